The van der Waals surface area contributed by atoms with Gasteiger partial charge in [0.2, 0.25) is 0 Å². The molecule has 1 amide bonds. The van der Waals surface area contributed by atoms with Crippen molar-refractivity contribution >= 4 is 29.7 Å². The van der Waals surface area contributed by atoms with Crippen LogP contribution in [0.15, 0.2) is 77.9 Å². The summed E-state index contributed by atoms with van der Waals surface area (Å²) < 4.78 is 5.48. The standard InChI is InChI=1S/C22H17ClN2O3/c1-15-6-5-9-17(12-15)22(27)28-20-11-10-19(23)13-18(20)14-24-25-21(26)16-7-3-2-4-8-16/h2-14H,1H3,(H,25,26)/b24-14+. The number of hydrogen-bond acceptors (Lipinski definition) is 4. The number of nitrogens with one attached hydrogen (secondary N) is 1. The average molecular weight is 393 g/mol. The fourth-order valence-electron chi connectivity index (χ4n) is 2.46. The monoisotopic (exact) mass is 392 g/mol. The first-order valence-corrected chi connectivity index (χ1v) is 8.87. The Balaban J connectivity index is 1.75. The van der Waals surface area contributed by atoms with Gasteiger partial charge in [0.1, 0.15) is 5.75 Å². The maximum absolute atomic E-state index is 12.4. The molecule has 0 aliphatic heterocycles. The largest absolute Gasteiger partial charge is 0.422 e. The third-order valence-corrected chi connectivity index (χ3v) is 4.07. The highest BCUT2D eigenvalue weighted by molar-refractivity contribution is 6.31. The molecule has 0 saturated carbocycles. The molecule has 0 heterocycles. The van der Waals surface area contributed by atoms with Crippen molar-refractivity contribution in [2.75, 3.05) is 0 Å². The molecule has 6 heteroatoms. The van der Waals surface area contributed by atoms with Crippen molar-refractivity contribution in [2.24, 2.45) is 5.10 Å². The Hall–Kier alpha value is -3.44. The molecule has 0 fully saturated rings. The predicted molar refractivity (Wildman–Crippen MR) is 109 cm³/mol. The number of aryl methyl sites for hydroxylation is 1. The van der Waals surface area contributed by atoms with Crippen LogP contribution >= 0.6 is 11.6 Å². The molecule has 0 aliphatic carbocycles. The molecule has 3 rings (SSSR count). The van der Waals surface area contributed by atoms with E-state index in [1.807, 2.05) is 19.1 Å². The van der Waals surface area contributed by atoms with Crippen LogP contribution < -0.4 is 10.2 Å². The quantitative estimate of drug-likeness (QED) is 0.298. The van der Waals surface area contributed by atoms with Gasteiger partial charge in [-0.2, -0.15) is 5.10 Å². The van der Waals surface area contributed by atoms with Crippen LogP contribution in [0.25, 0.3) is 0 Å². The summed E-state index contributed by atoms with van der Waals surface area (Å²) in [5.41, 5.74) is 4.77. The Labute approximate surface area is 167 Å². The number of halogens is 1. The maximum atomic E-state index is 12.4. The molecule has 5 nitrogen and oxygen atoms in total. The van der Waals surface area contributed by atoms with Crippen LogP contribution in [0.5, 0.6) is 5.75 Å². The smallest absolute Gasteiger partial charge is 0.343 e. The van der Waals surface area contributed by atoms with Gasteiger partial charge in [-0.3, -0.25) is 4.79 Å². The van der Waals surface area contributed by atoms with Crippen molar-refractivity contribution in [1.82, 2.24) is 5.43 Å². The minimum atomic E-state index is -0.492. The zero-order valence-corrected chi connectivity index (χ0v) is 15.8. The van der Waals surface area contributed by atoms with E-state index in [4.69, 9.17) is 16.3 Å². The van der Waals surface area contributed by atoms with Crippen LogP contribution in [-0.4, -0.2) is 18.1 Å². The summed E-state index contributed by atoms with van der Waals surface area (Å²) in [6, 6.07) is 20.6. The van der Waals surface area contributed by atoms with Crippen molar-refractivity contribution in [3.05, 3.63) is 100 Å². The summed E-state index contributed by atoms with van der Waals surface area (Å²) in [7, 11) is 0. The van der Waals surface area contributed by atoms with Crippen LogP contribution in [0, 0.1) is 6.92 Å². The number of benzene rings is 3. The summed E-state index contributed by atoms with van der Waals surface area (Å²) in [6.07, 6.45) is 1.38. The van der Waals surface area contributed by atoms with Gasteiger partial charge >= 0.3 is 5.97 Å². The number of hydrazone groups is 1. The van der Waals surface area contributed by atoms with Gasteiger partial charge in [0.25, 0.3) is 5.91 Å². The fraction of sp³-hybridized carbons (Fsp3) is 0.0455. The highest BCUT2D eigenvalue weighted by atomic mass is 35.5. The molecule has 0 saturated heterocycles. The third kappa shape index (κ3) is 5.05. The van der Waals surface area contributed by atoms with E-state index in [0.717, 1.165) is 5.56 Å². The topological polar surface area (TPSA) is 67.8 Å². The third-order valence-electron chi connectivity index (χ3n) is 3.83. The molecule has 0 aromatic heterocycles. The molecule has 1 N–H and O–H groups in total. The van der Waals surface area contributed by atoms with Gasteiger partial charge in [-0.1, -0.05) is 47.5 Å². The molecule has 140 valence electrons. The number of nitrogens with zero attached hydrogens (tertiary/aromatic N) is 1. The van der Waals surface area contributed by atoms with E-state index in [2.05, 4.69) is 10.5 Å². The zero-order valence-electron chi connectivity index (χ0n) is 15.1. The number of ether oxygens (including phenoxy) is 1. The Morgan fingerprint density at radius 1 is 0.964 bits per heavy atom. The van der Waals surface area contributed by atoms with Crippen molar-refractivity contribution in [2.45, 2.75) is 6.92 Å². The van der Waals surface area contributed by atoms with Gasteiger partial charge in [0.15, 0.2) is 0 Å². The van der Waals surface area contributed by atoms with Crippen LogP contribution in [0.4, 0.5) is 0 Å². The summed E-state index contributed by atoms with van der Waals surface area (Å²) in [4.78, 5) is 24.4. The van der Waals surface area contributed by atoms with Crippen molar-refractivity contribution in [3.63, 3.8) is 0 Å². The summed E-state index contributed by atoms with van der Waals surface area (Å²) >= 11 is 6.04. The Bertz CT molecular complexity index is 1030. The van der Waals surface area contributed by atoms with Gasteiger partial charge in [-0.25, -0.2) is 10.2 Å². The van der Waals surface area contributed by atoms with E-state index in [1.54, 1.807) is 60.7 Å². The second kappa shape index (κ2) is 8.97. The lowest BCUT2D eigenvalue weighted by molar-refractivity contribution is 0.0734. The molecule has 3 aromatic carbocycles. The van der Waals surface area contributed by atoms with Crippen molar-refractivity contribution in [3.8, 4) is 5.75 Å². The minimum Gasteiger partial charge on any atom is -0.422 e. The Morgan fingerprint density at radius 3 is 2.46 bits per heavy atom. The SMILES string of the molecule is Cc1cccc(C(=O)Oc2ccc(Cl)cc2/C=N/NC(=O)c2ccccc2)c1. The predicted octanol–water partition coefficient (Wildman–Crippen LogP) is 4.63. The second-order valence-corrected chi connectivity index (χ2v) is 6.44. The number of hydrogen-bond donors (Lipinski definition) is 1. The molecule has 0 spiro atoms. The first kappa shape index (κ1) is 19.3. The van der Waals surface area contributed by atoms with Gasteiger partial charge in [-0.15, -0.1) is 0 Å². The maximum Gasteiger partial charge on any atom is 0.343 e. The molecule has 28 heavy (non-hydrogen) atoms. The van der Waals surface area contributed by atoms with E-state index in [9.17, 15) is 9.59 Å². The molecule has 0 radical (unpaired) electrons. The van der Waals surface area contributed by atoms with Crippen LogP contribution in [-0.2, 0) is 0 Å². The first-order valence-electron chi connectivity index (χ1n) is 8.50. The number of carbonyl (C=O) groups excluding carboxylic acids is 2. The Kier molecular flexibility index (Phi) is 6.19. The van der Waals surface area contributed by atoms with Crippen LogP contribution in [0.3, 0.4) is 0 Å². The van der Waals surface area contributed by atoms with Gasteiger partial charge in [-0.05, 0) is 49.4 Å². The number of amides is 1. The van der Waals surface area contributed by atoms with Crippen molar-refractivity contribution < 1.29 is 14.3 Å². The van der Waals surface area contributed by atoms with Crippen molar-refractivity contribution in [1.29, 1.82) is 0 Å². The molecule has 0 atom stereocenters. The molecule has 0 bridgehead atoms. The number of esters is 1. The van der Waals surface area contributed by atoms with E-state index in [0.29, 0.717) is 21.7 Å². The first-order chi connectivity index (χ1) is 13.5. The number of rotatable bonds is 5. The molecule has 0 unspecified atom stereocenters. The van der Waals surface area contributed by atoms with Gasteiger partial charge in [0, 0.05) is 16.1 Å². The lowest BCUT2D eigenvalue weighted by Gasteiger charge is -2.08. The highest BCUT2D eigenvalue weighted by Gasteiger charge is 2.12. The minimum absolute atomic E-state index is 0.286. The van der Waals surface area contributed by atoms with E-state index < -0.39 is 5.97 Å². The second-order valence-electron chi connectivity index (χ2n) is 6.01. The normalized spacial score (nSPS) is 10.6. The molecule has 0 aliphatic rings. The van der Waals surface area contributed by atoms with Crippen LogP contribution in [0.2, 0.25) is 5.02 Å². The van der Waals surface area contributed by atoms with E-state index >= 15 is 0 Å². The molecular formula is C22H17ClN2O3. The number of carbonyl (C=O) groups is 2. The summed E-state index contributed by atoms with van der Waals surface area (Å²) in [5, 5.41) is 4.39. The fourth-order valence-corrected chi connectivity index (χ4v) is 2.64. The average Bonchev–Trinajstić information content (AvgIpc) is 2.70. The summed E-state index contributed by atoms with van der Waals surface area (Å²) in [5.74, 6) is -0.556. The van der Waals surface area contributed by atoms with Crippen LogP contribution in [0.1, 0.15) is 31.8 Å². The summed E-state index contributed by atoms with van der Waals surface area (Å²) in [6.45, 7) is 1.90. The van der Waals surface area contributed by atoms with E-state index in [1.165, 1.54) is 6.21 Å². The zero-order chi connectivity index (χ0) is 19.9. The lowest BCUT2D eigenvalue weighted by Crippen LogP contribution is -2.17. The van der Waals surface area contributed by atoms with E-state index in [-0.39, 0.29) is 11.7 Å². The highest BCUT2D eigenvalue weighted by Crippen LogP contribution is 2.22. The molecule has 3 aromatic rings. The lowest BCUT2D eigenvalue weighted by atomic mass is 10.1. The van der Waals surface area contributed by atoms with Gasteiger partial charge < -0.3 is 4.74 Å². The molecular weight excluding hydrogens is 376 g/mol. The Morgan fingerprint density at radius 2 is 1.71 bits per heavy atom. The van der Waals surface area contributed by atoms with Gasteiger partial charge in [0.05, 0.1) is 11.8 Å².